The zero-order valence-corrected chi connectivity index (χ0v) is 23.2. The Kier molecular flexibility index (Phi) is 28.7. The van der Waals surface area contributed by atoms with Gasteiger partial charge in [-0.05, 0) is 36.9 Å². The van der Waals surface area contributed by atoms with Crippen molar-refractivity contribution in [2.45, 2.75) is 31.7 Å². The van der Waals surface area contributed by atoms with Gasteiger partial charge < -0.3 is 44.8 Å². The zero-order chi connectivity index (χ0) is 29.4. The predicted octanol–water partition coefficient (Wildman–Crippen LogP) is 0.827. The second-order valence-corrected chi connectivity index (χ2v) is 8.03. The summed E-state index contributed by atoms with van der Waals surface area (Å²) in [7, 11) is 0. The van der Waals surface area contributed by atoms with Gasteiger partial charge in [0.05, 0.1) is 79.3 Å². The monoisotopic (exact) mass is 575 g/mol. The Labute approximate surface area is 234 Å². The van der Waals surface area contributed by atoms with Gasteiger partial charge >= 0.3 is 0 Å². The average Bonchev–Trinajstić information content (AvgIpc) is 2.95. The summed E-state index contributed by atoms with van der Waals surface area (Å²) in [5.74, 6) is -0.559. The van der Waals surface area contributed by atoms with Crippen LogP contribution in [0.1, 0.15) is 25.7 Å². The van der Waals surface area contributed by atoms with Gasteiger partial charge in [0.25, 0.3) is 0 Å². The number of rotatable bonds is 30. The molecule has 17 heteroatoms. The number of ether oxygens (including phenoxy) is 6. The molecule has 0 heterocycles. The second-order valence-electron chi connectivity index (χ2n) is 8.03. The van der Waals surface area contributed by atoms with Gasteiger partial charge in [0.2, 0.25) is 11.8 Å². The van der Waals surface area contributed by atoms with Crippen molar-refractivity contribution in [1.29, 1.82) is 0 Å². The van der Waals surface area contributed by atoms with Crippen LogP contribution < -0.4 is 16.4 Å². The van der Waals surface area contributed by atoms with Crippen molar-refractivity contribution >= 4 is 11.8 Å². The van der Waals surface area contributed by atoms with E-state index in [1.807, 2.05) is 0 Å². The van der Waals surface area contributed by atoms with Gasteiger partial charge in [0.1, 0.15) is 6.04 Å². The number of carbonyl (C=O) groups excluding carboxylic acids is 2. The van der Waals surface area contributed by atoms with E-state index < -0.39 is 6.04 Å². The first-order valence-electron chi connectivity index (χ1n) is 13.4. The Hall–Kier alpha value is -2.72. The first-order chi connectivity index (χ1) is 19.7. The molecule has 0 aromatic rings. The molecular weight excluding hydrogens is 530 g/mol. The Bertz CT molecular complexity index is 722. The molecule has 0 aliphatic heterocycles. The highest BCUT2D eigenvalue weighted by atomic mass is 16.5. The first-order valence-corrected chi connectivity index (χ1v) is 13.4. The molecule has 0 fully saturated rings. The van der Waals surface area contributed by atoms with Gasteiger partial charge in [-0.3, -0.25) is 9.59 Å². The van der Waals surface area contributed by atoms with E-state index in [9.17, 15) is 9.59 Å². The largest absolute Gasteiger partial charge is 0.379 e. The third-order valence-corrected chi connectivity index (χ3v) is 4.90. The SMILES string of the molecule is [N-]=[N+]=NCCOCCOCCOCCNC(=O)[C@H](CCCCN)NC(=O)CCOCCOCCOCCN=[N+]=[N-]. The number of nitrogens with zero attached hydrogens (tertiary/aromatic N) is 6. The fraction of sp³-hybridized carbons (Fsp3) is 0.913. The molecule has 0 aromatic heterocycles. The summed E-state index contributed by atoms with van der Waals surface area (Å²) in [4.78, 5) is 30.2. The number of amides is 2. The van der Waals surface area contributed by atoms with Crippen molar-refractivity contribution in [3.8, 4) is 0 Å². The summed E-state index contributed by atoms with van der Waals surface area (Å²) in [5.41, 5.74) is 21.9. The van der Waals surface area contributed by atoms with Gasteiger partial charge in [0, 0.05) is 35.9 Å². The van der Waals surface area contributed by atoms with E-state index in [-0.39, 0.29) is 37.9 Å². The normalized spacial score (nSPS) is 11.3. The fourth-order valence-electron chi connectivity index (χ4n) is 2.95. The molecule has 0 spiro atoms. The molecule has 0 radical (unpaired) electrons. The topological polar surface area (TPSA) is 237 Å². The zero-order valence-electron chi connectivity index (χ0n) is 23.2. The summed E-state index contributed by atoms with van der Waals surface area (Å²) >= 11 is 0. The van der Waals surface area contributed by atoms with Gasteiger partial charge in [-0.2, -0.15) is 0 Å². The smallest absolute Gasteiger partial charge is 0.242 e. The molecule has 0 aromatic carbocycles. The molecule has 230 valence electrons. The molecule has 0 aliphatic carbocycles. The van der Waals surface area contributed by atoms with E-state index in [1.54, 1.807) is 0 Å². The van der Waals surface area contributed by atoms with Gasteiger partial charge in [0.15, 0.2) is 0 Å². The van der Waals surface area contributed by atoms with Crippen LogP contribution in [0.3, 0.4) is 0 Å². The molecule has 0 unspecified atom stereocenters. The van der Waals surface area contributed by atoms with Crippen LogP contribution in [0.4, 0.5) is 0 Å². The van der Waals surface area contributed by atoms with Gasteiger partial charge in [-0.1, -0.05) is 10.2 Å². The Morgan fingerprint density at radius 1 is 0.700 bits per heavy atom. The van der Waals surface area contributed by atoms with Crippen LogP contribution in [0, 0.1) is 0 Å². The van der Waals surface area contributed by atoms with Gasteiger partial charge in [-0.15, -0.1) is 0 Å². The van der Waals surface area contributed by atoms with E-state index in [0.717, 1.165) is 6.42 Å². The lowest BCUT2D eigenvalue weighted by molar-refractivity contribution is -0.130. The predicted molar refractivity (Wildman–Crippen MR) is 145 cm³/mol. The van der Waals surface area contributed by atoms with Crippen LogP contribution in [-0.2, 0) is 38.0 Å². The summed E-state index contributed by atoms with van der Waals surface area (Å²) < 4.78 is 32.0. The highest BCUT2D eigenvalue weighted by molar-refractivity contribution is 5.87. The molecule has 17 nitrogen and oxygen atoms in total. The molecule has 0 saturated heterocycles. The molecule has 1 atom stereocenters. The summed E-state index contributed by atoms with van der Waals surface area (Å²) in [5, 5.41) is 12.3. The molecular formula is C23H45N9O8. The number of azide groups is 2. The summed E-state index contributed by atoms with van der Waals surface area (Å²) in [6, 6.07) is -0.664. The number of nitrogens with two attached hydrogens (primary N) is 1. The average molecular weight is 576 g/mol. The van der Waals surface area contributed by atoms with E-state index in [0.29, 0.717) is 98.6 Å². The fourth-order valence-corrected chi connectivity index (χ4v) is 2.95. The van der Waals surface area contributed by atoms with E-state index >= 15 is 0 Å². The lowest BCUT2D eigenvalue weighted by atomic mass is 10.1. The van der Waals surface area contributed by atoms with Gasteiger partial charge in [-0.25, -0.2) is 0 Å². The highest BCUT2D eigenvalue weighted by Gasteiger charge is 2.19. The lowest BCUT2D eigenvalue weighted by Gasteiger charge is -2.18. The molecule has 40 heavy (non-hydrogen) atoms. The molecule has 4 N–H and O–H groups in total. The van der Waals surface area contributed by atoms with Crippen LogP contribution >= 0.6 is 0 Å². The van der Waals surface area contributed by atoms with Crippen LogP contribution in [-0.4, -0.2) is 123 Å². The minimum Gasteiger partial charge on any atom is -0.379 e. The van der Waals surface area contributed by atoms with Crippen molar-refractivity contribution in [3.63, 3.8) is 0 Å². The van der Waals surface area contributed by atoms with Crippen molar-refractivity contribution in [2.75, 3.05) is 105 Å². The first kappa shape index (κ1) is 37.3. The third kappa shape index (κ3) is 26.9. The van der Waals surface area contributed by atoms with Crippen molar-refractivity contribution in [2.24, 2.45) is 16.0 Å². The van der Waals surface area contributed by atoms with E-state index in [4.69, 9.17) is 45.2 Å². The maximum Gasteiger partial charge on any atom is 0.242 e. The van der Waals surface area contributed by atoms with Crippen molar-refractivity contribution < 1.29 is 38.0 Å². The number of hydrogen-bond donors (Lipinski definition) is 3. The lowest BCUT2D eigenvalue weighted by Crippen LogP contribution is -2.47. The van der Waals surface area contributed by atoms with Crippen LogP contribution in [0.15, 0.2) is 10.2 Å². The maximum absolute atomic E-state index is 12.6. The van der Waals surface area contributed by atoms with Crippen LogP contribution in [0.5, 0.6) is 0 Å². The minimum absolute atomic E-state index is 0.116. The summed E-state index contributed by atoms with van der Waals surface area (Å²) in [6.07, 6.45) is 2.06. The Balaban J connectivity index is 3.91. The Morgan fingerprint density at radius 3 is 1.68 bits per heavy atom. The molecule has 0 bridgehead atoms. The quantitative estimate of drug-likeness (QED) is 0.0475. The standard InChI is InChI=1S/C23H45N9O8/c24-5-2-1-3-21(23(34)27-6-10-36-14-18-40-20-16-38-12-8-29-32-26)30-22(33)4-9-35-13-17-39-19-15-37-11-7-28-31-25/h21H,1-20,24H2,(H,27,34)(H,30,33)/t21-/m0/s1. The number of unbranched alkanes of at least 4 members (excludes halogenated alkanes) is 1. The van der Waals surface area contributed by atoms with Crippen molar-refractivity contribution in [3.05, 3.63) is 20.9 Å². The number of nitrogens with one attached hydrogen (secondary N) is 2. The molecule has 0 aliphatic rings. The van der Waals surface area contributed by atoms with Crippen molar-refractivity contribution in [1.82, 2.24) is 10.6 Å². The number of carbonyl (C=O) groups is 2. The second kappa shape index (κ2) is 30.8. The highest BCUT2D eigenvalue weighted by Crippen LogP contribution is 2.02. The van der Waals surface area contributed by atoms with E-state index in [2.05, 4.69) is 30.7 Å². The van der Waals surface area contributed by atoms with Crippen LogP contribution in [0.2, 0.25) is 0 Å². The molecule has 0 rings (SSSR count). The van der Waals surface area contributed by atoms with E-state index in [1.165, 1.54) is 0 Å². The van der Waals surface area contributed by atoms with Crippen LogP contribution in [0.25, 0.3) is 20.9 Å². The maximum atomic E-state index is 12.6. The summed E-state index contributed by atoms with van der Waals surface area (Å²) in [6.45, 7) is 5.57. The molecule has 2 amide bonds. The Morgan fingerprint density at radius 2 is 1.18 bits per heavy atom. The number of hydrogen-bond acceptors (Lipinski definition) is 11. The minimum atomic E-state index is -0.664. The molecule has 0 saturated carbocycles. The third-order valence-electron chi connectivity index (χ3n) is 4.90.